The molecule has 1 fully saturated rings. The Bertz CT molecular complexity index is 1060. The summed E-state index contributed by atoms with van der Waals surface area (Å²) in [4.78, 5) is 35.6. The third-order valence-electron chi connectivity index (χ3n) is 5.28. The maximum Gasteiger partial charge on any atom is 0.263 e. The van der Waals surface area contributed by atoms with Crippen molar-refractivity contribution in [3.05, 3.63) is 69.9 Å². The van der Waals surface area contributed by atoms with E-state index in [1.807, 2.05) is 29.2 Å². The van der Waals surface area contributed by atoms with Crippen LogP contribution < -0.4 is 5.56 Å². The first-order valence-corrected chi connectivity index (χ1v) is 9.84. The van der Waals surface area contributed by atoms with Gasteiger partial charge in [0.15, 0.2) is 5.65 Å². The lowest BCUT2D eigenvalue weighted by Gasteiger charge is -2.33. The van der Waals surface area contributed by atoms with Crippen LogP contribution in [0, 0.1) is 0 Å². The van der Waals surface area contributed by atoms with Crippen molar-refractivity contribution in [3.63, 3.8) is 0 Å². The molecule has 6 nitrogen and oxygen atoms in total. The first kappa shape index (κ1) is 18.6. The molecule has 0 atom stereocenters. The minimum absolute atomic E-state index is 0.0570. The van der Waals surface area contributed by atoms with Gasteiger partial charge in [-0.2, -0.15) is 0 Å². The number of piperidine rings is 1. The Morgan fingerprint density at radius 1 is 1.14 bits per heavy atom. The Balaban J connectivity index is 1.37. The minimum Gasteiger partial charge on any atom is -0.343 e. The van der Waals surface area contributed by atoms with Gasteiger partial charge in [-0.3, -0.25) is 14.2 Å². The Morgan fingerprint density at radius 2 is 1.96 bits per heavy atom. The Morgan fingerprint density at radius 3 is 2.75 bits per heavy atom. The van der Waals surface area contributed by atoms with Crippen LogP contribution in [0.1, 0.15) is 30.9 Å². The minimum atomic E-state index is -0.0659. The molecule has 144 valence electrons. The van der Waals surface area contributed by atoms with Crippen LogP contribution in [-0.2, 0) is 11.2 Å². The van der Waals surface area contributed by atoms with Crippen molar-refractivity contribution in [1.82, 2.24) is 19.4 Å². The highest BCUT2D eigenvalue weighted by atomic mass is 35.5. The zero-order chi connectivity index (χ0) is 19.5. The zero-order valence-electron chi connectivity index (χ0n) is 15.4. The van der Waals surface area contributed by atoms with E-state index in [1.165, 1.54) is 0 Å². The Hall–Kier alpha value is -2.73. The second kappa shape index (κ2) is 8.10. The third-order valence-corrected chi connectivity index (χ3v) is 5.52. The SMILES string of the molecule is O=C(CCc1cccc(Cl)c1)N1CCC(n2cnc3ncccc3c2=O)CC1. The predicted octanol–water partition coefficient (Wildman–Crippen LogP) is 3.24. The number of aromatic nitrogens is 3. The quantitative estimate of drug-likeness (QED) is 0.679. The molecule has 2 aromatic heterocycles. The Kier molecular flexibility index (Phi) is 5.39. The molecule has 3 heterocycles. The summed E-state index contributed by atoms with van der Waals surface area (Å²) in [6, 6.07) is 11.2. The first-order chi connectivity index (χ1) is 13.6. The van der Waals surface area contributed by atoms with Gasteiger partial charge in [-0.25, -0.2) is 9.97 Å². The molecule has 0 unspecified atom stereocenters. The van der Waals surface area contributed by atoms with E-state index in [4.69, 9.17) is 11.6 Å². The first-order valence-electron chi connectivity index (χ1n) is 9.46. The van der Waals surface area contributed by atoms with Crippen LogP contribution >= 0.6 is 11.6 Å². The van der Waals surface area contributed by atoms with Gasteiger partial charge in [-0.1, -0.05) is 23.7 Å². The fraction of sp³-hybridized carbons (Fsp3) is 0.333. The lowest BCUT2D eigenvalue weighted by atomic mass is 10.0. The van der Waals surface area contributed by atoms with E-state index in [2.05, 4.69) is 9.97 Å². The maximum atomic E-state index is 12.7. The summed E-state index contributed by atoms with van der Waals surface area (Å²) in [6.07, 6.45) is 5.85. The summed E-state index contributed by atoms with van der Waals surface area (Å²) in [5.74, 6) is 0.145. The molecule has 1 aliphatic rings. The number of carbonyl (C=O) groups is 1. The number of hydrogen-bond donors (Lipinski definition) is 0. The predicted molar refractivity (Wildman–Crippen MR) is 108 cm³/mol. The summed E-state index contributed by atoms with van der Waals surface area (Å²) in [7, 11) is 0. The van der Waals surface area contributed by atoms with Crippen LogP contribution in [0.2, 0.25) is 5.02 Å². The van der Waals surface area contributed by atoms with Gasteiger partial charge in [0.05, 0.1) is 5.39 Å². The lowest BCUT2D eigenvalue weighted by molar-refractivity contribution is -0.132. The van der Waals surface area contributed by atoms with E-state index in [0.717, 1.165) is 18.4 Å². The summed E-state index contributed by atoms with van der Waals surface area (Å²) in [5.41, 5.74) is 1.47. The molecule has 3 aromatic rings. The molecule has 1 amide bonds. The zero-order valence-corrected chi connectivity index (χ0v) is 16.2. The molecular formula is C21H21ClN4O2. The van der Waals surface area contributed by atoms with Crippen LogP contribution in [0.15, 0.2) is 53.7 Å². The second-order valence-electron chi connectivity index (χ2n) is 7.07. The van der Waals surface area contributed by atoms with Gasteiger partial charge in [0, 0.05) is 36.8 Å². The number of likely N-dealkylation sites (tertiary alicyclic amines) is 1. The fourth-order valence-electron chi connectivity index (χ4n) is 3.73. The van der Waals surface area contributed by atoms with Crippen LogP contribution in [0.3, 0.4) is 0 Å². The third kappa shape index (κ3) is 3.92. The molecule has 28 heavy (non-hydrogen) atoms. The molecule has 0 saturated carbocycles. The number of pyridine rings is 1. The molecular weight excluding hydrogens is 376 g/mol. The molecule has 4 rings (SSSR count). The number of benzene rings is 1. The normalized spacial score (nSPS) is 15.1. The summed E-state index contributed by atoms with van der Waals surface area (Å²) >= 11 is 6.00. The van der Waals surface area contributed by atoms with E-state index in [0.29, 0.717) is 42.0 Å². The van der Waals surface area contributed by atoms with E-state index in [-0.39, 0.29) is 17.5 Å². The summed E-state index contributed by atoms with van der Waals surface area (Å²) < 4.78 is 1.69. The molecule has 1 saturated heterocycles. The van der Waals surface area contributed by atoms with Crippen molar-refractivity contribution in [3.8, 4) is 0 Å². The highest BCUT2D eigenvalue weighted by Crippen LogP contribution is 2.22. The molecule has 0 bridgehead atoms. The number of rotatable bonds is 4. The molecule has 1 aliphatic heterocycles. The van der Waals surface area contributed by atoms with Crippen LogP contribution in [0.5, 0.6) is 0 Å². The van der Waals surface area contributed by atoms with Gasteiger partial charge in [-0.05, 0) is 49.1 Å². The number of amides is 1. The average Bonchev–Trinajstić information content (AvgIpc) is 2.73. The van der Waals surface area contributed by atoms with Crippen LogP contribution in [-0.4, -0.2) is 38.4 Å². The average molecular weight is 397 g/mol. The molecule has 0 radical (unpaired) electrons. The molecule has 0 N–H and O–H groups in total. The summed E-state index contributed by atoms with van der Waals surface area (Å²) in [5, 5.41) is 1.22. The smallest absolute Gasteiger partial charge is 0.263 e. The fourth-order valence-corrected chi connectivity index (χ4v) is 3.94. The van der Waals surface area contributed by atoms with Gasteiger partial charge in [0.25, 0.3) is 5.56 Å². The number of fused-ring (bicyclic) bond motifs is 1. The topological polar surface area (TPSA) is 68.1 Å². The van der Waals surface area contributed by atoms with E-state index in [1.54, 1.807) is 29.2 Å². The van der Waals surface area contributed by atoms with E-state index < -0.39 is 0 Å². The number of halogens is 1. The van der Waals surface area contributed by atoms with Crippen molar-refractivity contribution in [1.29, 1.82) is 0 Å². The van der Waals surface area contributed by atoms with Crippen molar-refractivity contribution in [2.75, 3.05) is 13.1 Å². The number of carbonyl (C=O) groups excluding carboxylic acids is 1. The summed E-state index contributed by atoms with van der Waals surface area (Å²) in [6.45, 7) is 1.30. The Labute approximate surface area is 167 Å². The number of hydrogen-bond acceptors (Lipinski definition) is 4. The largest absolute Gasteiger partial charge is 0.343 e. The van der Waals surface area contributed by atoms with Crippen molar-refractivity contribution in [2.24, 2.45) is 0 Å². The van der Waals surface area contributed by atoms with Crippen LogP contribution in [0.25, 0.3) is 11.0 Å². The highest BCUT2D eigenvalue weighted by Gasteiger charge is 2.24. The maximum absolute atomic E-state index is 12.7. The number of nitrogens with zero attached hydrogens (tertiary/aromatic N) is 4. The molecule has 0 spiro atoms. The van der Waals surface area contributed by atoms with Gasteiger partial charge < -0.3 is 4.90 Å². The van der Waals surface area contributed by atoms with Gasteiger partial charge >= 0.3 is 0 Å². The molecule has 1 aromatic carbocycles. The van der Waals surface area contributed by atoms with Crippen molar-refractivity contribution >= 4 is 28.5 Å². The lowest BCUT2D eigenvalue weighted by Crippen LogP contribution is -2.41. The van der Waals surface area contributed by atoms with Crippen molar-refractivity contribution in [2.45, 2.75) is 31.7 Å². The van der Waals surface area contributed by atoms with E-state index in [9.17, 15) is 9.59 Å². The van der Waals surface area contributed by atoms with Crippen molar-refractivity contribution < 1.29 is 4.79 Å². The monoisotopic (exact) mass is 396 g/mol. The molecule has 0 aliphatic carbocycles. The van der Waals surface area contributed by atoms with Gasteiger partial charge in [-0.15, -0.1) is 0 Å². The van der Waals surface area contributed by atoms with Crippen LogP contribution in [0.4, 0.5) is 0 Å². The second-order valence-corrected chi connectivity index (χ2v) is 7.51. The highest BCUT2D eigenvalue weighted by molar-refractivity contribution is 6.30. The van der Waals surface area contributed by atoms with Gasteiger partial charge in [0.2, 0.25) is 5.91 Å². The molecule has 7 heteroatoms. The van der Waals surface area contributed by atoms with Gasteiger partial charge in [0.1, 0.15) is 6.33 Å². The standard InChI is InChI=1S/C21H21ClN4O2/c22-16-4-1-3-15(13-16)6-7-19(27)25-11-8-17(9-12-25)26-14-24-20-18(21(26)28)5-2-10-23-20/h1-5,10,13-14,17H,6-9,11-12H2. The number of aryl methyl sites for hydroxylation is 1. The van der Waals surface area contributed by atoms with E-state index >= 15 is 0 Å².